The summed E-state index contributed by atoms with van der Waals surface area (Å²) in [7, 11) is 1.36. The zero-order valence-corrected chi connectivity index (χ0v) is 14.8. The summed E-state index contributed by atoms with van der Waals surface area (Å²) in [6.45, 7) is -0.662. The molecule has 0 unspecified atom stereocenters. The molecule has 0 aromatic heterocycles. The Morgan fingerprint density at radius 3 is 2.58 bits per heavy atom. The van der Waals surface area contributed by atoms with Crippen LogP contribution in [-0.4, -0.2) is 30.5 Å². The molecule has 0 saturated carbocycles. The van der Waals surface area contributed by atoms with E-state index >= 15 is 0 Å². The van der Waals surface area contributed by atoms with Gasteiger partial charge in [-0.05, 0) is 30.3 Å². The van der Waals surface area contributed by atoms with Gasteiger partial charge in [0.1, 0.15) is 11.4 Å². The topological polar surface area (TPSA) is 108 Å². The second-order valence-corrected chi connectivity index (χ2v) is 5.73. The monoisotopic (exact) mass is 398 g/mol. The largest absolute Gasteiger partial charge is 0.496 e. The summed E-state index contributed by atoms with van der Waals surface area (Å²) in [4.78, 5) is 34.3. The number of carbonyl (C=O) groups excluding carboxylic acids is 2. The van der Waals surface area contributed by atoms with Crippen molar-refractivity contribution in [3.8, 4) is 5.75 Å². The number of nitro groups is 1. The number of nitrogens with zero attached hydrogens (tertiary/aromatic N) is 1. The van der Waals surface area contributed by atoms with Gasteiger partial charge in [0.15, 0.2) is 6.61 Å². The number of nitro benzene ring substituents is 1. The van der Waals surface area contributed by atoms with Gasteiger partial charge in [0.25, 0.3) is 11.6 Å². The number of carbonyl (C=O) groups is 2. The second-order valence-electron chi connectivity index (χ2n) is 4.89. The van der Waals surface area contributed by atoms with Crippen molar-refractivity contribution in [3.63, 3.8) is 0 Å². The maximum absolute atomic E-state index is 12.0. The zero-order valence-electron chi connectivity index (χ0n) is 13.3. The van der Waals surface area contributed by atoms with Crippen LogP contribution in [0.4, 0.5) is 11.4 Å². The van der Waals surface area contributed by atoms with Crippen molar-refractivity contribution in [1.82, 2.24) is 0 Å². The number of amides is 1. The Labute approximate surface area is 157 Å². The second kappa shape index (κ2) is 8.50. The van der Waals surface area contributed by atoms with Crippen molar-refractivity contribution >= 4 is 46.5 Å². The van der Waals surface area contributed by atoms with Gasteiger partial charge in [-0.1, -0.05) is 23.2 Å². The number of hydrogen-bond donors (Lipinski definition) is 1. The summed E-state index contributed by atoms with van der Waals surface area (Å²) in [5.74, 6) is -1.35. The first-order valence-corrected chi connectivity index (χ1v) is 7.82. The van der Waals surface area contributed by atoms with Crippen LogP contribution in [0.1, 0.15) is 10.4 Å². The highest BCUT2D eigenvalue weighted by Crippen LogP contribution is 2.29. The molecule has 2 aromatic rings. The van der Waals surface area contributed by atoms with Crippen LogP contribution in [0.25, 0.3) is 0 Å². The van der Waals surface area contributed by atoms with Gasteiger partial charge in [-0.15, -0.1) is 0 Å². The molecule has 136 valence electrons. The van der Waals surface area contributed by atoms with Gasteiger partial charge >= 0.3 is 5.97 Å². The maximum Gasteiger partial charge on any atom is 0.340 e. The van der Waals surface area contributed by atoms with E-state index in [-0.39, 0.29) is 32.7 Å². The van der Waals surface area contributed by atoms with E-state index in [4.69, 9.17) is 32.7 Å². The predicted octanol–water partition coefficient (Wildman–Crippen LogP) is 3.71. The summed E-state index contributed by atoms with van der Waals surface area (Å²) in [6, 6.07) is 8.13. The van der Waals surface area contributed by atoms with Crippen LogP contribution in [0.2, 0.25) is 10.0 Å². The quantitative estimate of drug-likeness (QED) is 0.451. The van der Waals surface area contributed by atoms with Crippen LogP contribution < -0.4 is 10.1 Å². The molecule has 0 saturated heterocycles. The zero-order chi connectivity index (χ0) is 19.3. The number of halogens is 2. The van der Waals surface area contributed by atoms with E-state index < -0.39 is 23.4 Å². The third-order valence-corrected chi connectivity index (χ3v) is 3.72. The lowest BCUT2D eigenvalue weighted by molar-refractivity contribution is -0.384. The van der Waals surface area contributed by atoms with E-state index in [2.05, 4.69) is 5.32 Å². The highest BCUT2D eigenvalue weighted by molar-refractivity contribution is 6.35. The van der Waals surface area contributed by atoms with E-state index in [1.165, 1.54) is 37.4 Å². The van der Waals surface area contributed by atoms with Crippen molar-refractivity contribution in [2.24, 2.45) is 0 Å². The number of nitrogens with one attached hydrogen (secondary N) is 1. The van der Waals surface area contributed by atoms with Crippen LogP contribution in [0.3, 0.4) is 0 Å². The Morgan fingerprint density at radius 2 is 1.92 bits per heavy atom. The highest BCUT2D eigenvalue weighted by Gasteiger charge is 2.19. The van der Waals surface area contributed by atoms with Crippen LogP contribution in [0.15, 0.2) is 36.4 Å². The Morgan fingerprint density at radius 1 is 1.19 bits per heavy atom. The molecule has 0 atom stereocenters. The molecule has 26 heavy (non-hydrogen) atoms. The van der Waals surface area contributed by atoms with E-state index in [0.717, 1.165) is 6.07 Å². The minimum absolute atomic E-state index is 0.00222. The summed E-state index contributed by atoms with van der Waals surface area (Å²) < 4.78 is 9.76. The van der Waals surface area contributed by atoms with E-state index in [0.29, 0.717) is 0 Å². The fourth-order valence-electron chi connectivity index (χ4n) is 1.94. The van der Waals surface area contributed by atoms with Crippen LogP contribution >= 0.6 is 23.2 Å². The standard InChI is InChI=1S/C16H12Cl2N2O6/c1-25-10-3-5-13(14(7-10)20(23)24)19-15(21)8-26-16(22)11-6-9(17)2-4-12(11)18/h2-7H,8H2,1H3,(H,19,21). The number of anilines is 1. The lowest BCUT2D eigenvalue weighted by Crippen LogP contribution is -2.21. The van der Waals surface area contributed by atoms with Gasteiger partial charge < -0.3 is 14.8 Å². The molecule has 0 fully saturated rings. The molecule has 10 heteroatoms. The normalized spacial score (nSPS) is 10.1. The van der Waals surface area contributed by atoms with Gasteiger partial charge in [-0.2, -0.15) is 0 Å². The average Bonchev–Trinajstić information content (AvgIpc) is 2.61. The molecule has 0 aliphatic carbocycles. The fourth-order valence-corrected chi connectivity index (χ4v) is 2.31. The first-order valence-electron chi connectivity index (χ1n) is 7.06. The molecule has 0 bridgehead atoms. The molecular formula is C16H12Cl2N2O6. The highest BCUT2D eigenvalue weighted by atomic mass is 35.5. The summed E-state index contributed by atoms with van der Waals surface area (Å²) in [5.41, 5.74) is -0.415. The Balaban J connectivity index is 2.04. The van der Waals surface area contributed by atoms with Crippen molar-refractivity contribution < 1.29 is 24.0 Å². The molecule has 2 aromatic carbocycles. The lowest BCUT2D eigenvalue weighted by atomic mass is 10.2. The van der Waals surface area contributed by atoms with Crippen molar-refractivity contribution in [2.75, 3.05) is 19.0 Å². The van der Waals surface area contributed by atoms with Crippen LogP contribution in [0.5, 0.6) is 5.75 Å². The first-order chi connectivity index (χ1) is 12.3. The molecule has 0 radical (unpaired) electrons. The molecular weight excluding hydrogens is 387 g/mol. The molecule has 1 N–H and O–H groups in total. The Hall–Kier alpha value is -2.84. The molecule has 2 rings (SSSR count). The SMILES string of the molecule is COc1ccc(NC(=O)COC(=O)c2cc(Cl)ccc2Cl)c([N+](=O)[O-])c1. The van der Waals surface area contributed by atoms with E-state index in [1.54, 1.807) is 0 Å². The number of methoxy groups -OCH3 is 1. The first kappa shape index (κ1) is 19.5. The molecule has 0 heterocycles. The van der Waals surface area contributed by atoms with Crippen molar-refractivity contribution in [1.29, 1.82) is 0 Å². The maximum atomic E-state index is 12.0. The fraction of sp³-hybridized carbons (Fsp3) is 0.125. The number of hydrogen-bond acceptors (Lipinski definition) is 6. The third kappa shape index (κ3) is 4.84. The third-order valence-electron chi connectivity index (χ3n) is 3.16. The number of ether oxygens (including phenoxy) is 2. The van der Waals surface area contributed by atoms with Gasteiger partial charge in [-0.25, -0.2) is 4.79 Å². The molecule has 0 aliphatic rings. The number of rotatable bonds is 6. The summed E-state index contributed by atoms with van der Waals surface area (Å²) in [5, 5.41) is 13.8. The van der Waals surface area contributed by atoms with Crippen molar-refractivity contribution in [2.45, 2.75) is 0 Å². The molecule has 1 amide bonds. The predicted molar refractivity (Wildman–Crippen MR) is 95.0 cm³/mol. The van der Waals surface area contributed by atoms with Gasteiger partial charge in [0.2, 0.25) is 0 Å². The molecule has 0 spiro atoms. The van der Waals surface area contributed by atoms with Gasteiger partial charge in [0.05, 0.1) is 28.7 Å². The number of benzene rings is 2. The van der Waals surface area contributed by atoms with Crippen LogP contribution in [-0.2, 0) is 9.53 Å². The average molecular weight is 399 g/mol. The molecule has 8 nitrogen and oxygen atoms in total. The summed E-state index contributed by atoms with van der Waals surface area (Å²) in [6.07, 6.45) is 0. The van der Waals surface area contributed by atoms with Crippen molar-refractivity contribution in [3.05, 3.63) is 62.1 Å². The van der Waals surface area contributed by atoms with E-state index in [9.17, 15) is 19.7 Å². The molecule has 0 aliphatic heterocycles. The van der Waals surface area contributed by atoms with Crippen LogP contribution in [0, 0.1) is 10.1 Å². The minimum atomic E-state index is -0.850. The number of esters is 1. The van der Waals surface area contributed by atoms with E-state index in [1.807, 2.05) is 0 Å². The Bertz CT molecular complexity index is 872. The lowest BCUT2D eigenvalue weighted by Gasteiger charge is -2.09. The smallest absolute Gasteiger partial charge is 0.340 e. The van der Waals surface area contributed by atoms with Gasteiger partial charge in [-0.3, -0.25) is 14.9 Å². The summed E-state index contributed by atoms with van der Waals surface area (Å²) >= 11 is 11.7. The minimum Gasteiger partial charge on any atom is -0.496 e. The van der Waals surface area contributed by atoms with Gasteiger partial charge in [0, 0.05) is 5.02 Å². The Kier molecular flexibility index (Phi) is 6.37.